The number of rotatable bonds is 7. The number of amides is 2. The van der Waals surface area contributed by atoms with Gasteiger partial charge in [0.05, 0.1) is 5.92 Å². The molecule has 154 valence electrons. The number of hydrogen-bond acceptors (Lipinski definition) is 3. The Labute approximate surface area is 170 Å². The smallest absolute Gasteiger partial charge is 0.266 e. The van der Waals surface area contributed by atoms with Crippen molar-refractivity contribution >= 4 is 11.8 Å². The van der Waals surface area contributed by atoms with Gasteiger partial charge in [0, 0.05) is 19.6 Å². The van der Waals surface area contributed by atoms with Gasteiger partial charge in [0.25, 0.3) is 5.91 Å². The van der Waals surface area contributed by atoms with E-state index in [1.54, 1.807) is 18.7 Å². The van der Waals surface area contributed by atoms with Crippen molar-refractivity contribution in [3.05, 3.63) is 66.0 Å². The summed E-state index contributed by atoms with van der Waals surface area (Å²) < 4.78 is 18.8. The fourth-order valence-corrected chi connectivity index (χ4v) is 3.50. The molecular weight excluding hydrogens is 371 g/mol. The molecule has 2 aromatic carbocycles. The lowest BCUT2D eigenvalue weighted by atomic mass is 10.1. The number of halogens is 1. The standard InChI is InChI=1S/C23H27FN2O3/c1-23(2,29-20-10-8-19(24)9-11-20)22(28)26-15-13-18(16-26)21(27)25-14-12-17-6-4-3-5-7-17/h3-11,18H,12-16H2,1-2H3,(H,25,27)/t18-/m1/s1. The maximum absolute atomic E-state index is 13.1. The Bertz CT molecular complexity index is 837. The Kier molecular flexibility index (Phi) is 6.52. The van der Waals surface area contributed by atoms with Gasteiger partial charge < -0.3 is 15.0 Å². The summed E-state index contributed by atoms with van der Waals surface area (Å²) >= 11 is 0. The van der Waals surface area contributed by atoms with Crippen LogP contribution in [-0.2, 0) is 16.0 Å². The van der Waals surface area contributed by atoms with Crippen LogP contribution in [0.15, 0.2) is 54.6 Å². The number of carbonyl (C=O) groups excluding carboxylic acids is 2. The molecule has 2 aromatic rings. The first-order chi connectivity index (χ1) is 13.8. The molecule has 3 rings (SSSR count). The fourth-order valence-electron chi connectivity index (χ4n) is 3.50. The van der Waals surface area contributed by atoms with E-state index in [1.807, 2.05) is 30.3 Å². The zero-order chi connectivity index (χ0) is 20.9. The largest absolute Gasteiger partial charge is 0.478 e. The SMILES string of the molecule is CC(C)(Oc1ccc(F)cc1)C(=O)N1CC[C@@H](C(=O)NCCc2ccccc2)C1. The Balaban J connectivity index is 1.49. The van der Waals surface area contributed by atoms with Crippen LogP contribution >= 0.6 is 0 Å². The average molecular weight is 398 g/mol. The van der Waals surface area contributed by atoms with Crippen molar-refractivity contribution in [3.63, 3.8) is 0 Å². The Hall–Kier alpha value is -2.89. The van der Waals surface area contributed by atoms with Crippen molar-refractivity contribution in [3.8, 4) is 5.75 Å². The van der Waals surface area contributed by atoms with Gasteiger partial charge in [-0.3, -0.25) is 9.59 Å². The number of benzene rings is 2. The second-order valence-electron chi connectivity index (χ2n) is 7.83. The molecule has 2 amide bonds. The normalized spacial score (nSPS) is 16.5. The van der Waals surface area contributed by atoms with E-state index in [0.29, 0.717) is 31.8 Å². The van der Waals surface area contributed by atoms with Crippen LogP contribution in [0.4, 0.5) is 4.39 Å². The highest BCUT2D eigenvalue weighted by Crippen LogP contribution is 2.24. The van der Waals surface area contributed by atoms with Crippen LogP contribution < -0.4 is 10.1 Å². The molecule has 0 saturated carbocycles. The molecule has 0 unspecified atom stereocenters. The third kappa shape index (κ3) is 5.56. The summed E-state index contributed by atoms with van der Waals surface area (Å²) in [5.74, 6) is -0.340. The minimum Gasteiger partial charge on any atom is -0.478 e. The first-order valence-corrected chi connectivity index (χ1v) is 9.91. The molecule has 1 atom stereocenters. The number of nitrogens with zero attached hydrogens (tertiary/aromatic N) is 1. The van der Waals surface area contributed by atoms with Crippen molar-refractivity contribution in [1.29, 1.82) is 0 Å². The summed E-state index contributed by atoms with van der Waals surface area (Å²) in [5.41, 5.74) is 0.0759. The molecule has 1 N–H and O–H groups in total. The number of hydrogen-bond donors (Lipinski definition) is 1. The molecule has 1 aliphatic rings. The number of likely N-dealkylation sites (tertiary alicyclic amines) is 1. The Morgan fingerprint density at radius 2 is 1.83 bits per heavy atom. The van der Waals surface area contributed by atoms with Gasteiger partial charge in [0.2, 0.25) is 5.91 Å². The molecule has 1 heterocycles. The van der Waals surface area contributed by atoms with Crippen molar-refractivity contribution in [2.24, 2.45) is 5.92 Å². The summed E-state index contributed by atoms with van der Waals surface area (Å²) in [6, 6.07) is 15.6. The lowest BCUT2D eigenvalue weighted by Gasteiger charge is -2.30. The molecule has 1 fully saturated rings. The van der Waals surface area contributed by atoms with E-state index >= 15 is 0 Å². The first kappa shape index (κ1) is 20.8. The lowest BCUT2D eigenvalue weighted by molar-refractivity contribution is -0.144. The van der Waals surface area contributed by atoms with Gasteiger partial charge in [-0.05, 0) is 56.5 Å². The minimum atomic E-state index is -1.10. The summed E-state index contributed by atoms with van der Waals surface area (Å²) in [7, 11) is 0. The molecule has 29 heavy (non-hydrogen) atoms. The highest BCUT2D eigenvalue weighted by atomic mass is 19.1. The van der Waals surface area contributed by atoms with E-state index in [-0.39, 0.29) is 23.5 Å². The van der Waals surface area contributed by atoms with E-state index in [1.165, 1.54) is 29.8 Å². The highest BCUT2D eigenvalue weighted by Gasteiger charge is 2.39. The number of ether oxygens (including phenoxy) is 1. The number of nitrogens with one attached hydrogen (secondary N) is 1. The molecular formula is C23H27FN2O3. The van der Waals surface area contributed by atoms with Crippen LogP contribution in [0.5, 0.6) is 5.75 Å². The van der Waals surface area contributed by atoms with Gasteiger partial charge in [0.1, 0.15) is 11.6 Å². The van der Waals surface area contributed by atoms with Gasteiger partial charge in [-0.15, -0.1) is 0 Å². The lowest BCUT2D eigenvalue weighted by Crippen LogP contribution is -2.48. The molecule has 1 aliphatic heterocycles. The zero-order valence-corrected chi connectivity index (χ0v) is 16.9. The Morgan fingerprint density at radius 1 is 1.14 bits per heavy atom. The van der Waals surface area contributed by atoms with Crippen LogP contribution in [0.2, 0.25) is 0 Å². The fraction of sp³-hybridized carbons (Fsp3) is 0.391. The quantitative estimate of drug-likeness (QED) is 0.779. The van der Waals surface area contributed by atoms with Gasteiger partial charge >= 0.3 is 0 Å². The second-order valence-corrected chi connectivity index (χ2v) is 7.83. The molecule has 0 aromatic heterocycles. The zero-order valence-electron chi connectivity index (χ0n) is 16.9. The molecule has 0 bridgehead atoms. The third-order valence-electron chi connectivity index (χ3n) is 5.10. The Morgan fingerprint density at radius 3 is 2.52 bits per heavy atom. The van der Waals surface area contributed by atoms with Crippen LogP contribution in [0, 0.1) is 11.7 Å². The van der Waals surface area contributed by atoms with Crippen LogP contribution in [-0.4, -0.2) is 41.9 Å². The number of carbonyl (C=O) groups is 2. The summed E-state index contributed by atoms with van der Waals surface area (Å²) in [6.45, 7) is 4.85. The predicted octanol–water partition coefficient (Wildman–Crippen LogP) is 3.19. The van der Waals surface area contributed by atoms with Crippen LogP contribution in [0.1, 0.15) is 25.8 Å². The van der Waals surface area contributed by atoms with Crippen molar-refractivity contribution < 1.29 is 18.7 Å². The maximum Gasteiger partial charge on any atom is 0.266 e. The molecule has 0 radical (unpaired) electrons. The maximum atomic E-state index is 13.1. The summed E-state index contributed by atoms with van der Waals surface area (Å²) in [4.78, 5) is 27.0. The van der Waals surface area contributed by atoms with Gasteiger partial charge in [-0.25, -0.2) is 4.39 Å². The van der Waals surface area contributed by atoms with Gasteiger partial charge in [0.15, 0.2) is 5.60 Å². The summed E-state index contributed by atoms with van der Waals surface area (Å²) in [5, 5.41) is 2.97. The molecule has 6 heteroatoms. The monoisotopic (exact) mass is 398 g/mol. The van der Waals surface area contributed by atoms with E-state index < -0.39 is 5.60 Å². The van der Waals surface area contributed by atoms with Crippen molar-refractivity contribution in [2.75, 3.05) is 19.6 Å². The van der Waals surface area contributed by atoms with E-state index in [0.717, 1.165) is 6.42 Å². The molecule has 0 aliphatic carbocycles. The molecule has 5 nitrogen and oxygen atoms in total. The molecule has 0 spiro atoms. The van der Waals surface area contributed by atoms with E-state index in [4.69, 9.17) is 4.74 Å². The van der Waals surface area contributed by atoms with Gasteiger partial charge in [-0.1, -0.05) is 30.3 Å². The van der Waals surface area contributed by atoms with Gasteiger partial charge in [-0.2, -0.15) is 0 Å². The topological polar surface area (TPSA) is 58.6 Å². The van der Waals surface area contributed by atoms with E-state index in [2.05, 4.69) is 5.32 Å². The third-order valence-corrected chi connectivity index (χ3v) is 5.10. The average Bonchev–Trinajstić information content (AvgIpc) is 3.20. The first-order valence-electron chi connectivity index (χ1n) is 9.91. The summed E-state index contributed by atoms with van der Waals surface area (Å²) in [6.07, 6.45) is 1.41. The van der Waals surface area contributed by atoms with Crippen LogP contribution in [0.3, 0.4) is 0 Å². The van der Waals surface area contributed by atoms with Crippen molar-refractivity contribution in [2.45, 2.75) is 32.3 Å². The highest BCUT2D eigenvalue weighted by molar-refractivity contribution is 5.87. The minimum absolute atomic E-state index is 0.0199. The second kappa shape index (κ2) is 9.07. The predicted molar refractivity (Wildman–Crippen MR) is 109 cm³/mol. The van der Waals surface area contributed by atoms with Crippen molar-refractivity contribution in [1.82, 2.24) is 10.2 Å². The van der Waals surface area contributed by atoms with Crippen LogP contribution in [0.25, 0.3) is 0 Å². The van der Waals surface area contributed by atoms with E-state index in [9.17, 15) is 14.0 Å². The molecule has 1 saturated heterocycles.